The summed E-state index contributed by atoms with van der Waals surface area (Å²) in [6.07, 6.45) is -0.277. The van der Waals surface area contributed by atoms with Crippen LogP contribution in [0.2, 0.25) is 0 Å². The molecule has 0 saturated heterocycles. The number of hydrogen-bond acceptors (Lipinski definition) is 4. The van der Waals surface area contributed by atoms with E-state index in [9.17, 15) is 9.59 Å². The fraction of sp³-hybridized carbons (Fsp3) is 0.231. The van der Waals surface area contributed by atoms with E-state index in [0.29, 0.717) is 17.5 Å². The van der Waals surface area contributed by atoms with Crippen molar-refractivity contribution >= 4 is 11.9 Å². The van der Waals surface area contributed by atoms with Gasteiger partial charge in [0, 0.05) is 5.92 Å². The molecule has 2 atom stereocenters. The standard InChI is InChI=1S/C26H26O4/c1-19(29-25(27)22-14-8-4-9-15-22)24(18-21-12-6-3-7-13-21)20(2)30-26(28)23-16-10-5-11-17-23/h3-17,19-20,24H,18H2,1-2H3. The highest BCUT2D eigenvalue weighted by molar-refractivity contribution is 5.90. The summed E-state index contributed by atoms with van der Waals surface area (Å²) >= 11 is 0. The average molecular weight is 402 g/mol. The summed E-state index contributed by atoms with van der Waals surface area (Å²) in [4.78, 5) is 25.1. The van der Waals surface area contributed by atoms with Crippen LogP contribution >= 0.6 is 0 Å². The van der Waals surface area contributed by atoms with E-state index in [1.807, 2.05) is 56.3 Å². The van der Waals surface area contributed by atoms with Crippen LogP contribution in [-0.2, 0) is 15.9 Å². The Hall–Kier alpha value is -3.40. The van der Waals surface area contributed by atoms with Crippen LogP contribution in [0.15, 0.2) is 91.0 Å². The fourth-order valence-corrected chi connectivity index (χ4v) is 3.40. The Bertz CT molecular complexity index is 879. The molecule has 0 radical (unpaired) electrons. The van der Waals surface area contributed by atoms with E-state index in [-0.39, 0.29) is 17.9 Å². The smallest absolute Gasteiger partial charge is 0.338 e. The van der Waals surface area contributed by atoms with Crippen LogP contribution in [0, 0.1) is 5.92 Å². The van der Waals surface area contributed by atoms with E-state index in [2.05, 4.69) is 0 Å². The number of hydrogen-bond donors (Lipinski definition) is 0. The van der Waals surface area contributed by atoms with Crippen LogP contribution < -0.4 is 0 Å². The molecule has 0 aromatic heterocycles. The van der Waals surface area contributed by atoms with Gasteiger partial charge < -0.3 is 9.47 Å². The van der Waals surface area contributed by atoms with E-state index in [0.717, 1.165) is 5.56 Å². The third-order valence-corrected chi connectivity index (χ3v) is 5.12. The van der Waals surface area contributed by atoms with Gasteiger partial charge >= 0.3 is 11.9 Å². The van der Waals surface area contributed by atoms with Gasteiger partial charge in [0.1, 0.15) is 12.2 Å². The van der Waals surface area contributed by atoms with Gasteiger partial charge in [-0.3, -0.25) is 0 Å². The van der Waals surface area contributed by atoms with Gasteiger partial charge in [-0.1, -0.05) is 66.7 Å². The largest absolute Gasteiger partial charge is 0.459 e. The molecule has 0 bridgehead atoms. The molecule has 0 aliphatic heterocycles. The minimum absolute atomic E-state index is 0.201. The molecule has 3 rings (SSSR count). The first kappa shape index (κ1) is 21.3. The zero-order valence-corrected chi connectivity index (χ0v) is 17.2. The molecule has 0 aliphatic carbocycles. The first-order valence-corrected chi connectivity index (χ1v) is 10.1. The molecule has 0 N–H and O–H groups in total. The molecule has 3 aromatic carbocycles. The van der Waals surface area contributed by atoms with Gasteiger partial charge in [0.25, 0.3) is 0 Å². The Balaban J connectivity index is 1.75. The predicted molar refractivity (Wildman–Crippen MR) is 116 cm³/mol. The molecule has 0 fully saturated rings. The average Bonchev–Trinajstić information content (AvgIpc) is 2.79. The maximum absolute atomic E-state index is 12.5. The molecule has 0 aliphatic rings. The summed E-state index contributed by atoms with van der Waals surface area (Å²) in [5.74, 6) is -0.974. The zero-order chi connectivity index (χ0) is 21.3. The third kappa shape index (κ3) is 5.80. The molecule has 3 aromatic rings. The molecular weight excluding hydrogens is 376 g/mol. The van der Waals surface area contributed by atoms with Gasteiger partial charge in [-0.05, 0) is 50.1 Å². The number of benzene rings is 3. The highest BCUT2D eigenvalue weighted by Crippen LogP contribution is 2.23. The van der Waals surface area contributed by atoms with Crippen molar-refractivity contribution in [3.8, 4) is 0 Å². The van der Waals surface area contributed by atoms with Crippen molar-refractivity contribution in [3.05, 3.63) is 108 Å². The molecule has 0 heterocycles. The predicted octanol–water partition coefficient (Wildman–Crippen LogP) is 5.34. The SMILES string of the molecule is CC(OC(=O)c1ccccc1)C(Cc1ccccc1)C(C)OC(=O)c1ccccc1. The van der Waals surface area contributed by atoms with Crippen LogP contribution in [-0.4, -0.2) is 24.1 Å². The second kappa shape index (κ2) is 10.4. The van der Waals surface area contributed by atoms with Crippen molar-refractivity contribution in [3.63, 3.8) is 0 Å². The number of esters is 2. The lowest BCUT2D eigenvalue weighted by atomic mass is 9.90. The van der Waals surface area contributed by atoms with Crippen LogP contribution in [0.4, 0.5) is 0 Å². The summed E-state index contributed by atoms with van der Waals surface area (Å²) in [7, 11) is 0. The first-order chi connectivity index (χ1) is 14.5. The highest BCUT2D eigenvalue weighted by atomic mass is 16.6. The molecular formula is C26H26O4. The minimum atomic E-state index is -0.448. The molecule has 0 spiro atoms. The van der Waals surface area contributed by atoms with Crippen molar-refractivity contribution in [2.75, 3.05) is 0 Å². The molecule has 4 heteroatoms. The van der Waals surface area contributed by atoms with Crippen molar-refractivity contribution in [2.45, 2.75) is 32.5 Å². The number of carbonyl (C=O) groups is 2. The number of rotatable bonds is 8. The summed E-state index contributed by atoms with van der Waals surface area (Å²) in [6.45, 7) is 3.70. The Morgan fingerprint density at radius 1 is 0.633 bits per heavy atom. The number of ether oxygens (including phenoxy) is 2. The zero-order valence-electron chi connectivity index (χ0n) is 17.2. The summed E-state index contributed by atoms with van der Waals surface area (Å²) < 4.78 is 11.5. The molecule has 154 valence electrons. The number of carbonyl (C=O) groups excluding carboxylic acids is 2. The van der Waals surface area contributed by atoms with Crippen LogP contribution in [0.3, 0.4) is 0 Å². The Kier molecular flexibility index (Phi) is 7.39. The third-order valence-electron chi connectivity index (χ3n) is 5.12. The Labute approximate surface area is 177 Å². The lowest BCUT2D eigenvalue weighted by Crippen LogP contribution is -2.36. The van der Waals surface area contributed by atoms with E-state index in [1.165, 1.54) is 0 Å². The second-order valence-electron chi connectivity index (χ2n) is 7.31. The molecule has 0 amide bonds. The van der Waals surface area contributed by atoms with E-state index in [1.54, 1.807) is 48.5 Å². The van der Waals surface area contributed by atoms with Gasteiger partial charge in [-0.2, -0.15) is 0 Å². The summed E-state index contributed by atoms with van der Waals surface area (Å²) in [5.41, 5.74) is 2.08. The van der Waals surface area contributed by atoms with E-state index in [4.69, 9.17) is 9.47 Å². The lowest BCUT2D eigenvalue weighted by molar-refractivity contribution is -0.0222. The van der Waals surface area contributed by atoms with Crippen molar-refractivity contribution in [1.29, 1.82) is 0 Å². The van der Waals surface area contributed by atoms with E-state index < -0.39 is 12.2 Å². The maximum atomic E-state index is 12.5. The first-order valence-electron chi connectivity index (χ1n) is 10.1. The normalized spacial score (nSPS) is 13.7. The van der Waals surface area contributed by atoms with Gasteiger partial charge in [0.05, 0.1) is 11.1 Å². The highest BCUT2D eigenvalue weighted by Gasteiger charge is 2.30. The molecule has 0 saturated carbocycles. The van der Waals surface area contributed by atoms with Crippen molar-refractivity contribution < 1.29 is 19.1 Å². The van der Waals surface area contributed by atoms with Crippen LogP contribution in [0.25, 0.3) is 0 Å². The minimum Gasteiger partial charge on any atom is -0.459 e. The molecule has 30 heavy (non-hydrogen) atoms. The van der Waals surface area contributed by atoms with Crippen LogP contribution in [0.1, 0.15) is 40.1 Å². The molecule has 4 nitrogen and oxygen atoms in total. The summed E-state index contributed by atoms with van der Waals surface area (Å²) in [6, 6.07) is 27.7. The quantitative estimate of drug-likeness (QED) is 0.478. The molecule has 2 unspecified atom stereocenters. The van der Waals surface area contributed by atoms with Gasteiger partial charge in [0.15, 0.2) is 0 Å². The Morgan fingerprint density at radius 3 is 1.40 bits per heavy atom. The second-order valence-corrected chi connectivity index (χ2v) is 7.31. The Morgan fingerprint density at radius 2 is 1.00 bits per heavy atom. The summed E-state index contributed by atoms with van der Waals surface area (Å²) in [5, 5.41) is 0. The van der Waals surface area contributed by atoms with E-state index >= 15 is 0 Å². The van der Waals surface area contributed by atoms with Gasteiger partial charge in [0.2, 0.25) is 0 Å². The van der Waals surface area contributed by atoms with Crippen molar-refractivity contribution in [1.82, 2.24) is 0 Å². The fourth-order valence-electron chi connectivity index (χ4n) is 3.40. The van der Waals surface area contributed by atoms with Crippen LogP contribution in [0.5, 0.6) is 0 Å². The lowest BCUT2D eigenvalue weighted by Gasteiger charge is -2.29. The van der Waals surface area contributed by atoms with Gasteiger partial charge in [-0.25, -0.2) is 9.59 Å². The monoisotopic (exact) mass is 402 g/mol. The van der Waals surface area contributed by atoms with Gasteiger partial charge in [-0.15, -0.1) is 0 Å². The topological polar surface area (TPSA) is 52.6 Å². The maximum Gasteiger partial charge on any atom is 0.338 e. The van der Waals surface area contributed by atoms with Crippen molar-refractivity contribution in [2.24, 2.45) is 5.92 Å².